The number of rotatable bonds is 4. The minimum absolute atomic E-state index is 0.238. The first-order valence-electron chi connectivity index (χ1n) is 5.07. The maximum absolute atomic E-state index is 9.07. The number of aliphatic hydroxyl groups is 1. The Morgan fingerprint density at radius 1 is 1.62 bits per heavy atom. The summed E-state index contributed by atoms with van der Waals surface area (Å²) in [4.78, 5) is 0. The molecule has 0 aromatic rings. The summed E-state index contributed by atoms with van der Waals surface area (Å²) in [7, 11) is -0.933. The zero-order valence-corrected chi connectivity index (χ0v) is 11.1. The van der Waals surface area contributed by atoms with E-state index in [0.717, 1.165) is 6.61 Å². The van der Waals surface area contributed by atoms with E-state index in [1.807, 2.05) is 0 Å². The van der Waals surface area contributed by atoms with Gasteiger partial charge in [-0.3, -0.25) is 0 Å². The van der Waals surface area contributed by atoms with Crippen molar-refractivity contribution in [2.75, 3.05) is 13.2 Å². The number of hydrogen-bond donors (Lipinski definition) is 1. The van der Waals surface area contributed by atoms with Crippen molar-refractivity contribution < 1.29 is 14.3 Å². The number of ether oxygens (including phenoxy) is 1. The molecule has 1 fully saturated rings. The van der Waals surface area contributed by atoms with Crippen LogP contribution in [0, 0.1) is 0 Å². The van der Waals surface area contributed by atoms with Crippen molar-refractivity contribution in [1.29, 1.82) is 0 Å². The lowest BCUT2D eigenvalue weighted by atomic mass is 10.4. The molecule has 78 valence electrons. The third-order valence-corrected chi connectivity index (χ3v) is 11.3. The van der Waals surface area contributed by atoms with E-state index >= 15 is 0 Å². The normalized spacial score (nSPS) is 30.2. The fourth-order valence-corrected chi connectivity index (χ4v) is 8.21. The molecule has 3 nitrogen and oxygen atoms in total. The fourth-order valence-electron chi connectivity index (χ4n) is 1.56. The average Bonchev–Trinajstić information content (AvgIpc) is 2.15. The summed E-state index contributed by atoms with van der Waals surface area (Å²) in [6.07, 6.45) is 0.898. The van der Waals surface area contributed by atoms with Crippen LogP contribution in [0.5, 0.6) is 0 Å². The van der Waals surface area contributed by atoms with E-state index in [-0.39, 0.29) is 15.4 Å². The summed E-state index contributed by atoms with van der Waals surface area (Å²) in [6.45, 7) is 5.39. The Kier molecular flexibility index (Phi) is 5.19. The van der Waals surface area contributed by atoms with Gasteiger partial charge in [0.05, 0.1) is 21.0 Å². The highest BCUT2D eigenvalue weighted by molar-refractivity contribution is 7.10. The van der Waals surface area contributed by atoms with Gasteiger partial charge < -0.3 is 14.3 Å². The molecule has 1 saturated heterocycles. The molecule has 3 unspecified atom stereocenters. The third kappa shape index (κ3) is 4.37. The zero-order valence-electron chi connectivity index (χ0n) is 8.53. The van der Waals surface area contributed by atoms with Gasteiger partial charge in [0, 0.05) is 12.3 Å². The molecule has 1 aliphatic heterocycles. The molecule has 3 atom stereocenters. The minimum Gasteiger partial charge on any atom is -0.427 e. The van der Waals surface area contributed by atoms with Crippen LogP contribution in [0.25, 0.3) is 0 Å². The van der Waals surface area contributed by atoms with Gasteiger partial charge in [0.15, 0.2) is 0 Å². The standard InChI is InChI=1S/C8H20O3Si2/c1-7(9)6-10-8(2)13-5-3-4-11-12-13/h7-9,13H,3-6,12H2,1-2H3. The highest BCUT2D eigenvalue weighted by atomic mass is 29.2. The summed E-state index contributed by atoms with van der Waals surface area (Å²) in [5.41, 5.74) is 0.404. The van der Waals surface area contributed by atoms with E-state index in [9.17, 15) is 0 Å². The van der Waals surface area contributed by atoms with Gasteiger partial charge in [0.25, 0.3) is 0 Å². The maximum Gasteiger partial charge on any atom is 0.150 e. The first-order valence-corrected chi connectivity index (χ1v) is 10.4. The van der Waals surface area contributed by atoms with Gasteiger partial charge in [0.2, 0.25) is 0 Å². The van der Waals surface area contributed by atoms with Crippen LogP contribution in [0.3, 0.4) is 0 Å². The topological polar surface area (TPSA) is 38.7 Å². The molecule has 0 aromatic carbocycles. The van der Waals surface area contributed by atoms with Gasteiger partial charge in [0.1, 0.15) is 9.28 Å². The predicted octanol–water partition coefficient (Wildman–Crippen LogP) is -0.461. The Morgan fingerprint density at radius 2 is 2.38 bits per heavy atom. The summed E-state index contributed by atoms with van der Waals surface area (Å²) < 4.78 is 11.2. The Balaban J connectivity index is 2.17. The second-order valence-corrected chi connectivity index (χ2v) is 11.8. The van der Waals surface area contributed by atoms with Gasteiger partial charge in [-0.25, -0.2) is 0 Å². The second kappa shape index (κ2) is 5.92. The molecule has 1 N–H and O–H groups in total. The van der Waals surface area contributed by atoms with Crippen molar-refractivity contribution in [3.05, 3.63) is 0 Å². The monoisotopic (exact) mass is 220 g/mol. The molecular weight excluding hydrogens is 200 g/mol. The zero-order chi connectivity index (χ0) is 9.68. The molecule has 0 amide bonds. The molecule has 0 radical (unpaired) electrons. The summed E-state index contributed by atoms with van der Waals surface area (Å²) in [5, 5.41) is 9.07. The third-order valence-electron chi connectivity index (χ3n) is 2.46. The average molecular weight is 220 g/mol. The molecule has 0 aromatic heterocycles. The molecule has 1 heterocycles. The van der Waals surface area contributed by atoms with Gasteiger partial charge in [-0.2, -0.15) is 0 Å². The first kappa shape index (κ1) is 11.4. The molecule has 0 spiro atoms. The van der Waals surface area contributed by atoms with E-state index < -0.39 is 8.31 Å². The highest BCUT2D eigenvalue weighted by Crippen LogP contribution is 2.10. The lowest BCUT2D eigenvalue weighted by Crippen LogP contribution is -2.42. The SMILES string of the molecule is CC(O)COC(C)[SiH]1CCCO[SiH2]1. The minimum atomic E-state index is -0.696. The van der Waals surface area contributed by atoms with Crippen LogP contribution in [0.2, 0.25) is 6.04 Å². The summed E-state index contributed by atoms with van der Waals surface area (Å²) >= 11 is 0. The Hall–Kier alpha value is 0.314. The molecule has 0 aliphatic carbocycles. The van der Waals surface area contributed by atoms with Crippen molar-refractivity contribution in [3.8, 4) is 0 Å². The second-order valence-electron chi connectivity index (χ2n) is 3.86. The molecule has 1 rings (SSSR count). The molecule has 13 heavy (non-hydrogen) atoms. The van der Waals surface area contributed by atoms with Crippen LogP contribution >= 0.6 is 0 Å². The molecular formula is C8H20O3Si2. The smallest absolute Gasteiger partial charge is 0.150 e. The van der Waals surface area contributed by atoms with Crippen molar-refractivity contribution in [3.63, 3.8) is 0 Å². The number of hydrogen-bond acceptors (Lipinski definition) is 3. The predicted molar refractivity (Wildman–Crippen MR) is 58.2 cm³/mol. The van der Waals surface area contributed by atoms with Gasteiger partial charge in [-0.15, -0.1) is 0 Å². The maximum atomic E-state index is 9.07. The summed E-state index contributed by atoms with van der Waals surface area (Å²) in [5.74, 6) is 0. The molecule has 0 saturated carbocycles. The quantitative estimate of drug-likeness (QED) is 0.652. The van der Waals surface area contributed by atoms with Crippen LogP contribution < -0.4 is 0 Å². The Bertz CT molecular complexity index is 137. The number of aliphatic hydroxyl groups excluding tert-OH is 1. The van der Waals surface area contributed by atoms with Gasteiger partial charge in [-0.1, -0.05) is 6.04 Å². The highest BCUT2D eigenvalue weighted by Gasteiger charge is 2.23. The van der Waals surface area contributed by atoms with Crippen LogP contribution in [-0.4, -0.2) is 47.7 Å². The van der Waals surface area contributed by atoms with Crippen molar-refractivity contribution in [2.24, 2.45) is 0 Å². The lowest BCUT2D eigenvalue weighted by Gasteiger charge is -2.26. The summed E-state index contributed by atoms with van der Waals surface area (Å²) in [6, 6.07) is 1.38. The van der Waals surface area contributed by atoms with Gasteiger partial charge >= 0.3 is 0 Å². The van der Waals surface area contributed by atoms with Crippen molar-refractivity contribution in [1.82, 2.24) is 0 Å². The molecule has 1 aliphatic rings. The van der Waals surface area contributed by atoms with E-state index in [4.69, 9.17) is 14.3 Å². The lowest BCUT2D eigenvalue weighted by molar-refractivity contribution is 0.0343. The van der Waals surface area contributed by atoms with E-state index in [1.54, 1.807) is 6.92 Å². The van der Waals surface area contributed by atoms with Crippen LogP contribution in [0.4, 0.5) is 0 Å². The van der Waals surface area contributed by atoms with Crippen molar-refractivity contribution >= 4 is 17.6 Å². The van der Waals surface area contributed by atoms with Crippen molar-refractivity contribution in [2.45, 2.75) is 38.1 Å². The van der Waals surface area contributed by atoms with Crippen LogP contribution in [-0.2, 0) is 9.16 Å². The largest absolute Gasteiger partial charge is 0.427 e. The van der Waals surface area contributed by atoms with E-state index in [2.05, 4.69) is 6.92 Å². The Morgan fingerprint density at radius 3 is 2.92 bits per heavy atom. The first-order chi connectivity index (χ1) is 6.20. The van der Waals surface area contributed by atoms with Crippen LogP contribution in [0.15, 0.2) is 0 Å². The molecule has 5 heteroatoms. The van der Waals surface area contributed by atoms with Gasteiger partial charge in [-0.05, 0) is 20.3 Å². The fraction of sp³-hybridized carbons (Fsp3) is 1.00. The Labute approximate surface area is 83.8 Å². The van der Waals surface area contributed by atoms with E-state index in [0.29, 0.717) is 12.3 Å². The molecule has 0 bridgehead atoms. The van der Waals surface area contributed by atoms with E-state index in [1.165, 1.54) is 12.5 Å². The van der Waals surface area contributed by atoms with Crippen LogP contribution in [0.1, 0.15) is 20.3 Å².